The molecule has 6 nitrogen and oxygen atoms in total. The van der Waals surface area contributed by atoms with E-state index in [1.165, 1.54) is 0 Å². The molecule has 11 heavy (non-hydrogen) atoms. The minimum absolute atomic E-state index is 0.0493. The average molecular weight is 200 g/mol. The highest BCUT2D eigenvalue weighted by molar-refractivity contribution is 7.80. The van der Waals surface area contributed by atoms with Gasteiger partial charge in [-0.05, 0) is 0 Å². The summed E-state index contributed by atoms with van der Waals surface area (Å²) in [4.78, 5) is 14.2. The number of rotatable bonds is 4. The zero-order valence-electron chi connectivity index (χ0n) is 5.26. The van der Waals surface area contributed by atoms with Crippen LogP contribution in [0.25, 0.3) is 0 Å². The molecular weight excluding hydrogens is 194 g/mol. The van der Waals surface area contributed by atoms with E-state index in [-0.39, 0.29) is 5.75 Å². The lowest BCUT2D eigenvalue weighted by molar-refractivity contribution is -0.212. The van der Waals surface area contributed by atoms with E-state index in [2.05, 4.69) is 21.9 Å². The number of carbonyl (C=O) groups excluding carboxylic acids is 1. The maximum atomic E-state index is 10.5. The fraction of sp³-hybridized carbons (Fsp3) is 0.667. The zero-order chi connectivity index (χ0) is 8.85. The fourth-order valence-corrected chi connectivity index (χ4v) is 0.469. The van der Waals surface area contributed by atoms with Gasteiger partial charge in [0, 0.05) is 5.75 Å². The van der Waals surface area contributed by atoms with Crippen LogP contribution in [-0.2, 0) is 25.4 Å². The summed E-state index contributed by atoms with van der Waals surface area (Å²) in [5.41, 5.74) is 5.07. The predicted molar refractivity (Wildman–Crippen MR) is 37.9 cm³/mol. The molecule has 0 aromatic rings. The lowest BCUT2D eigenvalue weighted by Crippen LogP contribution is -2.34. The smallest absolute Gasteiger partial charge is 0.361 e. The Hall–Kier alpha value is -0.150. The molecule has 0 spiro atoms. The van der Waals surface area contributed by atoms with Gasteiger partial charge in [0.05, 0.1) is 0 Å². The van der Waals surface area contributed by atoms with Crippen LogP contribution < -0.4 is 5.73 Å². The molecular formula is C3H6NO5S2-. The first kappa shape index (κ1) is 10.8. The standard InChI is InChI=1S/C3H7NO5S2/c4-2(1-10)3(5)8-9-11(6)7/h2,10H,1,4H2,(H,6,7)/p-1. The second-order valence-corrected chi connectivity index (χ2v) is 2.37. The minimum atomic E-state index is -2.88. The Kier molecular flexibility index (Phi) is 5.42. The summed E-state index contributed by atoms with van der Waals surface area (Å²) in [5.74, 6) is -0.933. The number of thiol groups is 1. The van der Waals surface area contributed by atoms with Crippen LogP contribution in [-0.4, -0.2) is 26.5 Å². The first-order valence-electron chi connectivity index (χ1n) is 2.42. The molecule has 0 aliphatic rings. The Morgan fingerprint density at radius 1 is 1.82 bits per heavy atom. The molecule has 0 aromatic carbocycles. The van der Waals surface area contributed by atoms with Crippen LogP contribution in [0.15, 0.2) is 0 Å². The highest BCUT2D eigenvalue weighted by atomic mass is 32.2. The SMILES string of the molecule is NC(CS)C(=O)OOS(=O)[O-]. The summed E-state index contributed by atoms with van der Waals surface area (Å²) in [6.45, 7) is 0. The van der Waals surface area contributed by atoms with Gasteiger partial charge in [-0.3, -0.25) is 4.89 Å². The largest absolute Gasteiger partial charge is 0.747 e. The van der Waals surface area contributed by atoms with Crippen molar-refractivity contribution in [3.05, 3.63) is 0 Å². The van der Waals surface area contributed by atoms with Crippen molar-refractivity contribution >= 4 is 30.0 Å². The van der Waals surface area contributed by atoms with Gasteiger partial charge in [0.2, 0.25) is 0 Å². The van der Waals surface area contributed by atoms with Crippen molar-refractivity contribution in [1.82, 2.24) is 0 Å². The first-order chi connectivity index (χ1) is 5.07. The van der Waals surface area contributed by atoms with Crippen molar-refractivity contribution in [2.75, 3.05) is 5.75 Å². The molecule has 66 valence electrons. The maximum Gasteiger partial charge on any atom is 0.361 e. The second kappa shape index (κ2) is 5.49. The van der Waals surface area contributed by atoms with E-state index in [9.17, 15) is 13.6 Å². The third-order valence-corrected chi connectivity index (χ3v) is 1.24. The Morgan fingerprint density at radius 3 is 2.73 bits per heavy atom. The van der Waals surface area contributed by atoms with E-state index in [4.69, 9.17) is 5.73 Å². The van der Waals surface area contributed by atoms with Crippen molar-refractivity contribution in [1.29, 1.82) is 0 Å². The lowest BCUT2D eigenvalue weighted by atomic mass is 10.4. The number of nitrogens with two attached hydrogens (primary N) is 1. The molecule has 0 amide bonds. The molecule has 0 radical (unpaired) electrons. The number of carbonyl (C=O) groups is 1. The maximum absolute atomic E-state index is 10.5. The molecule has 0 aliphatic heterocycles. The van der Waals surface area contributed by atoms with E-state index >= 15 is 0 Å². The molecule has 2 unspecified atom stereocenters. The summed E-state index contributed by atoms with van der Waals surface area (Å²) in [5, 5.41) is 0. The third kappa shape index (κ3) is 5.16. The normalized spacial score (nSPS) is 15.5. The van der Waals surface area contributed by atoms with Crippen molar-refractivity contribution < 1.29 is 22.8 Å². The number of hydrogen-bond acceptors (Lipinski definition) is 7. The van der Waals surface area contributed by atoms with Gasteiger partial charge in [0.25, 0.3) is 0 Å². The fourth-order valence-electron chi connectivity index (χ4n) is 0.198. The van der Waals surface area contributed by atoms with Crippen molar-refractivity contribution in [3.8, 4) is 0 Å². The van der Waals surface area contributed by atoms with Crippen LogP contribution in [0.1, 0.15) is 0 Å². The third-order valence-electron chi connectivity index (χ3n) is 0.671. The lowest BCUT2D eigenvalue weighted by Gasteiger charge is -2.07. The summed E-state index contributed by atoms with van der Waals surface area (Å²) < 4.78 is 22.8. The van der Waals surface area contributed by atoms with Crippen molar-refractivity contribution in [2.45, 2.75) is 6.04 Å². The van der Waals surface area contributed by atoms with Gasteiger partial charge in [0.1, 0.15) is 17.4 Å². The van der Waals surface area contributed by atoms with Crippen LogP contribution >= 0.6 is 12.6 Å². The number of hydrogen-bond donors (Lipinski definition) is 2. The molecule has 8 heteroatoms. The molecule has 0 heterocycles. The van der Waals surface area contributed by atoms with Crippen molar-refractivity contribution in [3.63, 3.8) is 0 Å². The summed E-state index contributed by atoms with van der Waals surface area (Å²) in [7, 11) is 0. The summed E-state index contributed by atoms with van der Waals surface area (Å²) in [6.07, 6.45) is 0. The van der Waals surface area contributed by atoms with Crippen LogP contribution in [0.5, 0.6) is 0 Å². The molecule has 0 saturated carbocycles. The Bertz CT molecular complexity index is 162. The average Bonchev–Trinajstić information content (AvgIpc) is 1.98. The molecule has 2 atom stereocenters. The highest BCUT2D eigenvalue weighted by Crippen LogP contribution is 1.90. The summed E-state index contributed by atoms with van der Waals surface area (Å²) in [6, 6.07) is -0.984. The summed E-state index contributed by atoms with van der Waals surface area (Å²) >= 11 is 0.786. The predicted octanol–water partition coefficient (Wildman–Crippen LogP) is -1.49. The van der Waals surface area contributed by atoms with E-state index in [1.807, 2.05) is 0 Å². The van der Waals surface area contributed by atoms with Crippen LogP contribution in [0.4, 0.5) is 0 Å². The van der Waals surface area contributed by atoms with Gasteiger partial charge in [-0.15, -0.1) is 0 Å². The van der Waals surface area contributed by atoms with E-state index in [0.717, 1.165) is 0 Å². The monoisotopic (exact) mass is 200 g/mol. The van der Waals surface area contributed by atoms with Crippen LogP contribution in [0, 0.1) is 0 Å². The van der Waals surface area contributed by atoms with Crippen LogP contribution in [0.2, 0.25) is 0 Å². The zero-order valence-corrected chi connectivity index (χ0v) is 6.97. The Morgan fingerprint density at radius 2 is 2.36 bits per heavy atom. The Balaban J connectivity index is 3.60. The van der Waals surface area contributed by atoms with E-state index in [1.54, 1.807) is 0 Å². The van der Waals surface area contributed by atoms with Gasteiger partial charge in [-0.1, -0.05) is 4.33 Å². The highest BCUT2D eigenvalue weighted by Gasteiger charge is 2.13. The molecule has 0 saturated heterocycles. The van der Waals surface area contributed by atoms with E-state index in [0.29, 0.717) is 0 Å². The van der Waals surface area contributed by atoms with Gasteiger partial charge < -0.3 is 10.3 Å². The second-order valence-electron chi connectivity index (χ2n) is 1.46. The first-order valence-corrected chi connectivity index (χ1v) is 4.05. The van der Waals surface area contributed by atoms with Gasteiger partial charge >= 0.3 is 5.97 Å². The molecule has 0 bridgehead atoms. The van der Waals surface area contributed by atoms with Gasteiger partial charge in [-0.25, -0.2) is 9.00 Å². The molecule has 0 aliphatic carbocycles. The van der Waals surface area contributed by atoms with E-state index < -0.39 is 23.4 Å². The Labute approximate surface area is 70.9 Å². The van der Waals surface area contributed by atoms with Gasteiger partial charge in [-0.2, -0.15) is 12.6 Å². The molecule has 0 aromatic heterocycles. The molecule has 0 rings (SSSR count). The quantitative estimate of drug-likeness (QED) is 0.248. The topological polar surface area (TPSA) is 102 Å². The van der Waals surface area contributed by atoms with Crippen LogP contribution in [0.3, 0.4) is 0 Å². The van der Waals surface area contributed by atoms with Gasteiger partial charge in [0.15, 0.2) is 0 Å². The van der Waals surface area contributed by atoms with Crippen molar-refractivity contribution in [2.24, 2.45) is 5.73 Å². The minimum Gasteiger partial charge on any atom is -0.747 e. The molecule has 0 fully saturated rings. The molecule has 2 N–H and O–H groups in total.